The Kier molecular flexibility index (Phi) is 4.54. The second-order valence-electron chi connectivity index (χ2n) is 4.25. The Morgan fingerprint density at radius 1 is 1.24 bits per heavy atom. The van der Waals surface area contributed by atoms with Crippen molar-refractivity contribution in [2.24, 2.45) is 11.8 Å². The SMILES string of the molecule is CCCOC(=O)C1CC(=O)C(C(C)=O)C(=O)C1. The first-order valence-electron chi connectivity index (χ1n) is 5.69. The molecule has 1 fully saturated rings. The molecule has 1 aliphatic rings. The third-order valence-corrected chi connectivity index (χ3v) is 2.73. The summed E-state index contributed by atoms with van der Waals surface area (Å²) in [5.74, 6) is -3.77. The van der Waals surface area contributed by atoms with Crippen LogP contribution in [0.15, 0.2) is 0 Å². The van der Waals surface area contributed by atoms with E-state index in [2.05, 4.69) is 0 Å². The Balaban J connectivity index is 2.66. The summed E-state index contributed by atoms with van der Waals surface area (Å²) in [5, 5.41) is 0. The van der Waals surface area contributed by atoms with Crippen LogP contribution in [-0.2, 0) is 23.9 Å². The van der Waals surface area contributed by atoms with Gasteiger partial charge in [0.05, 0.1) is 12.5 Å². The van der Waals surface area contributed by atoms with Crippen LogP contribution in [0, 0.1) is 11.8 Å². The molecule has 0 amide bonds. The fourth-order valence-corrected chi connectivity index (χ4v) is 1.91. The number of Topliss-reactive ketones (excluding diaryl/α,β-unsaturated/α-hetero) is 3. The van der Waals surface area contributed by atoms with Crippen LogP contribution >= 0.6 is 0 Å². The average molecular weight is 240 g/mol. The van der Waals surface area contributed by atoms with E-state index in [0.717, 1.165) is 0 Å². The number of ketones is 3. The third-order valence-electron chi connectivity index (χ3n) is 2.73. The van der Waals surface area contributed by atoms with Gasteiger partial charge in [0.25, 0.3) is 0 Å². The summed E-state index contributed by atoms with van der Waals surface area (Å²) in [7, 11) is 0. The number of carbonyl (C=O) groups is 4. The molecule has 0 heterocycles. The molecule has 0 spiro atoms. The topological polar surface area (TPSA) is 77.5 Å². The maximum absolute atomic E-state index is 11.6. The van der Waals surface area contributed by atoms with Gasteiger partial charge in [0.15, 0.2) is 11.6 Å². The molecule has 1 saturated carbocycles. The van der Waals surface area contributed by atoms with Crippen LogP contribution in [0.1, 0.15) is 33.1 Å². The molecule has 0 N–H and O–H groups in total. The highest BCUT2D eigenvalue weighted by Crippen LogP contribution is 2.25. The summed E-state index contributed by atoms with van der Waals surface area (Å²) in [4.78, 5) is 45.8. The lowest BCUT2D eigenvalue weighted by molar-refractivity contribution is -0.156. The summed E-state index contributed by atoms with van der Waals surface area (Å²) in [6, 6.07) is 0. The van der Waals surface area contributed by atoms with Crippen LogP contribution in [0.3, 0.4) is 0 Å². The molecule has 17 heavy (non-hydrogen) atoms. The Morgan fingerprint density at radius 3 is 2.18 bits per heavy atom. The van der Waals surface area contributed by atoms with Crippen LogP contribution in [-0.4, -0.2) is 29.9 Å². The van der Waals surface area contributed by atoms with Crippen molar-refractivity contribution in [3.63, 3.8) is 0 Å². The van der Waals surface area contributed by atoms with Crippen molar-refractivity contribution in [3.8, 4) is 0 Å². The lowest BCUT2D eigenvalue weighted by Crippen LogP contribution is -2.40. The minimum absolute atomic E-state index is 0.0709. The number of ether oxygens (including phenoxy) is 1. The van der Waals surface area contributed by atoms with Gasteiger partial charge in [0.2, 0.25) is 0 Å². The van der Waals surface area contributed by atoms with E-state index >= 15 is 0 Å². The molecule has 94 valence electrons. The third kappa shape index (κ3) is 3.22. The van der Waals surface area contributed by atoms with Gasteiger partial charge in [-0.2, -0.15) is 0 Å². The van der Waals surface area contributed by atoms with Crippen molar-refractivity contribution in [3.05, 3.63) is 0 Å². The zero-order valence-corrected chi connectivity index (χ0v) is 10.0. The van der Waals surface area contributed by atoms with E-state index in [1.54, 1.807) is 0 Å². The van der Waals surface area contributed by atoms with Gasteiger partial charge in [0.1, 0.15) is 11.7 Å². The predicted octanol–water partition coefficient (Wildman–Crippen LogP) is 0.693. The van der Waals surface area contributed by atoms with E-state index < -0.39 is 35.2 Å². The van der Waals surface area contributed by atoms with Gasteiger partial charge in [-0.25, -0.2) is 0 Å². The molecular formula is C12H16O5. The maximum atomic E-state index is 11.6. The van der Waals surface area contributed by atoms with Crippen LogP contribution in [0.2, 0.25) is 0 Å². The standard InChI is InChI=1S/C12H16O5/c1-3-4-17-12(16)8-5-9(14)11(7(2)13)10(15)6-8/h8,11H,3-6H2,1-2H3. The molecule has 0 aliphatic heterocycles. The summed E-state index contributed by atoms with van der Waals surface area (Å²) >= 11 is 0. The zero-order valence-electron chi connectivity index (χ0n) is 10.0. The molecule has 1 rings (SSSR count). The van der Waals surface area contributed by atoms with E-state index in [4.69, 9.17) is 4.74 Å². The largest absolute Gasteiger partial charge is 0.465 e. The maximum Gasteiger partial charge on any atom is 0.309 e. The fourth-order valence-electron chi connectivity index (χ4n) is 1.91. The van der Waals surface area contributed by atoms with E-state index in [0.29, 0.717) is 6.42 Å². The van der Waals surface area contributed by atoms with Crippen LogP contribution in [0.25, 0.3) is 0 Å². The summed E-state index contributed by atoms with van der Waals surface area (Å²) in [6.45, 7) is 3.36. The van der Waals surface area contributed by atoms with Crippen molar-refractivity contribution in [2.75, 3.05) is 6.61 Å². The fraction of sp³-hybridized carbons (Fsp3) is 0.667. The van der Waals surface area contributed by atoms with E-state index in [9.17, 15) is 19.2 Å². The van der Waals surface area contributed by atoms with Crippen molar-refractivity contribution in [2.45, 2.75) is 33.1 Å². The molecule has 0 unspecified atom stereocenters. The van der Waals surface area contributed by atoms with Gasteiger partial charge < -0.3 is 4.74 Å². The van der Waals surface area contributed by atoms with Crippen molar-refractivity contribution >= 4 is 23.3 Å². The average Bonchev–Trinajstić information content (AvgIpc) is 2.24. The van der Waals surface area contributed by atoms with E-state index in [1.165, 1.54) is 6.92 Å². The van der Waals surface area contributed by atoms with Gasteiger partial charge in [-0.15, -0.1) is 0 Å². The Hall–Kier alpha value is -1.52. The molecule has 0 bridgehead atoms. The normalized spacial score (nSPS) is 24.6. The van der Waals surface area contributed by atoms with Crippen LogP contribution in [0.4, 0.5) is 0 Å². The van der Waals surface area contributed by atoms with Crippen molar-refractivity contribution < 1.29 is 23.9 Å². The first-order chi connectivity index (χ1) is 7.97. The molecule has 0 aromatic heterocycles. The molecule has 0 aromatic rings. The monoisotopic (exact) mass is 240 g/mol. The van der Waals surface area contributed by atoms with Crippen LogP contribution < -0.4 is 0 Å². The highest BCUT2D eigenvalue weighted by molar-refractivity contribution is 6.21. The number of carbonyl (C=O) groups excluding carboxylic acids is 4. The first kappa shape index (κ1) is 13.5. The summed E-state index contributed by atoms with van der Waals surface area (Å²) in [5.41, 5.74) is 0. The van der Waals surface area contributed by atoms with E-state index in [1.807, 2.05) is 6.92 Å². The molecular weight excluding hydrogens is 224 g/mol. The van der Waals surface area contributed by atoms with Gasteiger partial charge >= 0.3 is 5.97 Å². The van der Waals surface area contributed by atoms with E-state index in [-0.39, 0.29) is 19.4 Å². The van der Waals surface area contributed by atoms with Crippen molar-refractivity contribution in [1.82, 2.24) is 0 Å². The van der Waals surface area contributed by atoms with Gasteiger partial charge in [-0.1, -0.05) is 6.92 Å². The first-order valence-corrected chi connectivity index (χ1v) is 5.69. The minimum atomic E-state index is -1.16. The minimum Gasteiger partial charge on any atom is -0.465 e. The second kappa shape index (κ2) is 5.70. The predicted molar refractivity (Wildman–Crippen MR) is 58.2 cm³/mol. The molecule has 0 atom stereocenters. The molecule has 5 heteroatoms. The van der Waals surface area contributed by atoms with Crippen LogP contribution in [0.5, 0.6) is 0 Å². The lowest BCUT2D eigenvalue weighted by Gasteiger charge is -2.23. The van der Waals surface area contributed by atoms with Gasteiger partial charge in [-0.3, -0.25) is 19.2 Å². The Morgan fingerprint density at radius 2 is 1.76 bits per heavy atom. The Labute approximate surface area is 99.5 Å². The van der Waals surface area contributed by atoms with Gasteiger partial charge in [0, 0.05) is 12.8 Å². The molecule has 5 nitrogen and oxygen atoms in total. The Bertz CT molecular complexity index is 340. The molecule has 1 aliphatic carbocycles. The lowest BCUT2D eigenvalue weighted by atomic mass is 9.78. The quantitative estimate of drug-likeness (QED) is 0.533. The molecule has 0 saturated heterocycles. The smallest absolute Gasteiger partial charge is 0.309 e. The molecule has 0 radical (unpaired) electrons. The second-order valence-corrected chi connectivity index (χ2v) is 4.25. The highest BCUT2D eigenvalue weighted by atomic mass is 16.5. The van der Waals surface area contributed by atoms with Gasteiger partial charge in [-0.05, 0) is 13.3 Å². The zero-order chi connectivity index (χ0) is 13.0. The summed E-state index contributed by atoms with van der Waals surface area (Å²) in [6.07, 6.45) is 0.549. The highest BCUT2D eigenvalue weighted by Gasteiger charge is 2.41. The number of hydrogen-bond acceptors (Lipinski definition) is 5. The summed E-state index contributed by atoms with van der Waals surface area (Å²) < 4.78 is 4.89. The number of rotatable bonds is 4. The number of hydrogen-bond donors (Lipinski definition) is 0. The number of esters is 1. The van der Waals surface area contributed by atoms with Crippen molar-refractivity contribution in [1.29, 1.82) is 0 Å². The molecule has 0 aromatic carbocycles.